The van der Waals surface area contributed by atoms with Crippen LogP contribution in [0.3, 0.4) is 0 Å². The van der Waals surface area contributed by atoms with Gasteiger partial charge in [0.2, 0.25) is 0 Å². The zero-order valence-corrected chi connectivity index (χ0v) is 11.3. The lowest BCUT2D eigenvalue weighted by atomic mass is 10.1. The second kappa shape index (κ2) is 5.47. The third kappa shape index (κ3) is 2.79. The highest BCUT2D eigenvalue weighted by Crippen LogP contribution is 2.22. The number of halogens is 2. The fourth-order valence-electron chi connectivity index (χ4n) is 1.56. The first-order valence-electron chi connectivity index (χ1n) is 5.17. The van der Waals surface area contributed by atoms with E-state index in [1.54, 1.807) is 22.9 Å². The van der Waals surface area contributed by atoms with Crippen molar-refractivity contribution in [2.24, 2.45) is 0 Å². The van der Waals surface area contributed by atoms with Crippen molar-refractivity contribution in [2.45, 2.75) is 24.9 Å². The van der Waals surface area contributed by atoms with Gasteiger partial charge in [-0.25, -0.2) is 7.58 Å². The van der Waals surface area contributed by atoms with E-state index in [1.165, 1.54) is 15.0 Å². The van der Waals surface area contributed by atoms with Gasteiger partial charge in [-0.2, -0.15) is 10.1 Å². The number of hydrogen-bond donors (Lipinski definition) is 2. The lowest BCUT2D eigenvalue weighted by Gasteiger charge is -2.33. The molecule has 0 saturated carbocycles. The summed E-state index contributed by atoms with van der Waals surface area (Å²) in [5.74, 6) is -0.193. The molecule has 3 atom stereocenters. The van der Waals surface area contributed by atoms with Crippen LogP contribution in [0.5, 0.6) is 0 Å². The first-order valence-corrected chi connectivity index (χ1v) is 6.14. The SMILES string of the molecule is O=c1nc(N(F)C2C[C@H](O)[C@H](O)CO2)ccn1I. The van der Waals surface area contributed by atoms with E-state index in [2.05, 4.69) is 4.98 Å². The fourth-order valence-corrected chi connectivity index (χ4v) is 1.82. The average molecular weight is 371 g/mol. The van der Waals surface area contributed by atoms with Crippen LogP contribution in [0.25, 0.3) is 0 Å². The number of aromatic nitrogens is 2. The fraction of sp³-hybridized carbons (Fsp3) is 0.556. The van der Waals surface area contributed by atoms with E-state index in [4.69, 9.17) is 4.74 Å². The Morgan fingerprint density at radius 2 is 2.28 bits per heavy atom. The molecule has 1 saturated heterocycles. The first-order chi connectivity index (χ1) is 8.49. The molecule has 0 spiro atoms. The van der Waals surface area contributed by atoms with Crippen LogP contribution >= 0.6 is 22.9 Å². The van der Waals surface area contributed by atoms with Crippen LogP contribution in [-0.2, 0) is 4.74 Å². The van der Waals surface area contributed by atoms with Crippen LogP contribution < -0.4 is 10.8 Å². The molecule has 1 fully saturated rings. The molecule has 9 heteroatoms. The summed E-state index contributed by atoms with van der Waals surface area (Å²) in [7, 11) is 0. The maximum Gasteiger partial charge on any atom is 0.358 e. The van der Waals surface area contributed by atoms with E-state index in [-0.39, 0.29) is 24.0 Å². The van der Waals surface area contributed by atoms with Gasteiger partial charge in [0.05, 0.1) is 35.6 Å². The van der Waals surface area contributed by atoms with E-state index in [0.29, 0.717) is 0 Å². The van der Waals surface area contributed by atoms with Crippen molar-refractivity contribution in [3.05, 3.63) is 22.7 Å². The Morgan fingerprint density at radius 1 is 1.56 bits per heavy atom. The summed E-state index contributed by atoms with van der Waals surface area (Å²) in [6, 6.07) is 1.31. The molecule has 0 aliphatic carbocycles. The van der Waals surface area contributed by atoms with Crippen molar-refractivity contribution in [2.75, 3.05) is 11.7 Å². The van der Waals surface area contributed by atoms with Crippen LogP contribution in [0.2, 0.25) is 0 Å². The maximum atomic E-state index is 13.9. The standard InChI is InChI=1S/C9H11FIN3O4/c10-14(7-1-2-13(11)9(17)12-7)8-3-5(15)6(16)4-18-8/h1-2,5-6,8,15-16H,3-4H2/t5-,6+,8?/m0/s1. The van der Waals surface area contributed by atoms with Crippen LogP contribution in [0.1, 0.15) is 6.42 Å². The molecular weight excluding hydrogens is 360 g/mol. The molecule has 1 aromatic rings. The average Bonchev–Trinajstić information content (AvgIpc) is 2.35. The lowest BCUT2D eigenvalue weighted by molar-refractivity contribution is -0.130. The topological polar surface area (TPSA) is 87.8 Å². The quantitative estimate of drug-likeness (QED) is 0.544. The van der Waals surface area contributed by atoms with Gasteiger partial charge in [0.1, 0.15) is 6.10 Å². The Labute approximate surface area is 115 Å². The minimum atomic E-state index is -1.07. The predicted molar refractivity (Wildman–Crippen MR) is 67.9 cm³/mol. The molecule has 0 aromatic carbocycles. The number of rotatable bonds is 2. The second-order valence-electron chi connectivity index (χ2n) is 3.85. The molecule has 1 aliphatic heterocycles. The molecular formula is C9H11FIN3O4. The summed E-state index contributed by atoms with van der Waals surface area (Å²) in [5, 5.41) is 18.8. The zero-order chi connectivity index (χ0) is 13.3. The Hall–Kier alpha value is -0.780. The highest BCUT2D eigenvalue weighted by atomic mass is 127. The maximum absolute atomic E-state index is 13.9. The van der Waals surface area contributed by atoms with Gasteiger partial charge < -0.3 is 14.9 Å². The van der Waals surface area contributed by atoms with Gasteiger partial charge in [0, 0.05) is 18.7 Å². The summed E-state index contributed by atoms with van der Waals surface area (Å²) < 4.78 is 20.1. The van der Waals surface area contributed by atoms with Crippen molar-refractivity contribution in [3.8, 4) is 0 Å². The summed E-state index contributed by atoms with van der Waals surface area (Å²) >= 11 is 1.72. The van der Waals surface area contributed by atoms with Crippen molar-refractivity contribution in [3.63, 3.8) is 0 Å². The summed E-state index contributed by atoms with van der Waals surface area (Å²) in [5.41, 5.74) is -0.604. The molecule has 2 heterocycles. The number of hydrogen-bond acceptors (Lipinski definition) is 6. The number of anilines is 1. The van der Waals surface area contributed by atoms with E-state index in [1.807, 2.05) is 0 Å². The van der Waals surface area contributed by atoms with Gasteiger partial charge in [-0.1, -0.05) is 4.48 Å². The smallest absolute Gasteiger partial charge is 0.358 e. The molecule has 2 N–H and O–H groups in total. The zero-order valence-electron chi connectivity index (χ0n) is 9.11. The van der Waals surface area contributed by atoms with Crippen LogP contribution in [-0.4, -0.2) is 43.0 Å². The van der Waals surface area contributed by atoms with Gasteiger partial charge in [0.15, 0.2) is 12.0 Å². The van der Waals surface area contributed by atoms with Gasteiger partial charge in [-0.05, 0) is 0 Å². The molecule has 0 amide bonds. The Bertz CT molecular complexity index is 485. The minimum Gasteiger partial charge on any atom is -0.390 e. The van der Waals surface area contributed by atoms with Gasteiger partial charge in [-0.3, -0.25) is 0 Å². The van der Waals surface area contributed by atoms with E-state index in [9.17, 15) is 19.5 Å². The molecule has 18 heavy (non-hydrogen) atoms. The molecule has 0 radical (unpaired) electrons. The summed E-state index contributed by atoms with van der Waals surface area (Å²) in [6.07, 6.45) is -1.89. The van der Waals surface area contributed by atoms with Crippen LogP contribution in [0, 0.1) is 0 Å². The van der Waals surface area contributed by atoms with Gasteiger partial charge in [0.25, 0.3) is 0 Å². The van der Waals surface area contributed by atoms with Gasteiger partial charge in [-0.15, -0.1) is 0 Å². The van der Waals surface area contributed by atoms with Crippen LogP contribution in [0.15, 0.2) is 17.1 Å². The largest absolute Gasteiger partial charge is 0.390 e. The number of aliphatic hydroxyl groups is 2. The summed E-state index contributed by atoms with van der Waals surface area (Å²) in [6.45, 7) is -0.171. The molecule has 2 rings (SSSR count). The molecule has 100 valence electrons. The second-order valence-corrected chi connectivity index (χ2v) is 4.89. The predicted octanol–water partition coefficient (Wildman–Crippen LogP) is -0.400. The summed E-state index contributed by atoms with van der Waals surface area (Å²) in [4.78, 5) is 14.8. The lowest BCUT2D eigenvalue weighted by Crippen LogP contribution is -2.47. The Morgan fingerprint density at radius 3 is 2.89 bits per heavy atom. The number of ether oxygens (including phenoxy) is 1. The van der Waals surface area contributed by atoms with E-state index in [0.717, 1.165) is 0 Å². The normalized spacial score (nSPS) is 28.1. The van der Waals surface area contributed by atoms with Crippen molar-refractivity contribution in [1.82, 2.24) is 7.76 Å². The third-order valence-corrected chi connectivity index (χ3v) is 3.30. The molecule has 1 aliphatic rings. The molecule has 7 nitrogen and oxygen atoms in total. The first kappa shape index (κ1) is 13.6. The molecule has 0 bridgehead atoms. The molecule has 1 aromatic heterocycles. The van der Waals surface area contributed by atoms with Crippen molar-refractivity contribution in [1.29, 1.82) is 0 Å². The van der Waals surface area contributed by atoms with Gasteiger partial charge >= 0.3 is 5.69 Å². The number of nitrogens with zero attached hydrogens (tertiary/aromatic N) is 3. The third-order valence-electron chi connectivity index (χ3n) is 2.57. The van der Waals surface area contributed by atoms with Crippen LogP contribution in [0.4, 0.5) is 10.3 Å². The Kier molecular flexibility index (Phi) is 4.14. The van der Waals surface area contributed by atoms with Crippen molar-refractivity contribution < 1.29 is 19.4 Å². The monoisotopic (exact) mass is 371 g/mol. The Balaban J connectivity index is 2.13. The number of aliphatic hydroxyl groups excluding tert-OH is 2. The van der Waals surface area contributed by atoms with E-state index < -0.39 is 24.1 Å². The highest BCUT2D eigenvalue weighted by molar-refractivity contribution is 14.1. The minimum absolute atomic E-state index is 0.104. The van der Waals surface area contributed by atoms with Crippen molar-refractivity contribution >= 4 is 28.7 Å². The molecule has 1 unspecified atom stereocenters. The van der Waals surface area contributed by atoms with E-state index >= 15 is 0 Å². The highest BCUT2D eigenvalue weighted by Gasteiger charge is 2.33.